The van der Waals surface area contributed by atoms with Gasteiger partial charge in [-0.05, 0) is 37.8 Å². The van der Waals surface area contributed by atoms with E-state index in [1.165, 1.54) is 29.7 Å². The number of anilines is 1. The van der Waals surface area contributed by atoms with Crippen LogP contribution in [-0.2, 0) is 11.2 Å². The lowest BCUT2D eigenvalue weighted by Gasteiger charge is -2.22. The van der Waals surface area contributed by atoms with Gasteiger partial charge in [-0.1, -0.05) is 29.5 Å². The lowest BCUT2D eigenvalue weighted by Crippen LogP contribution is -2.26. The van der Waals surface area contributed by atoms with Gasteiger partial charge >= 0.3 is 0 Å². The van der Waals surface area contributed by atoms with Crippen LogP contribution in [0.15, 0.2) is 18.2 Å². The number of rotatable bonds is 3. The second-order valence-electron chi connectivity index (χ2n) is 5.41. The highest BCUT2D eigenvalue weighted by molar-refractivity contribution is 8.15. The Morgan fingerprint density at radius 3 is 2.70 bits per heavy atom. The maximum absolute atomic E-state index is 11.7. The molecule has 1 aromatic rings. The van der Waals surface area contributed by atoms with Gasteiger partial charge in [-0.25, -0.2) is 0 Å². The van der Waals surface area contributed by atoms with Gasteiger partial charge in [-0.2, -0.15) is 0 Å². The molecule has 2 aliphatic heterocycles. The topological polar surface area (TPSA) is 49.4 Å². The second-order valence-corrected chi connectivity index (χ2v) is 6.59. The summed E-state index contributed by atoms with van der Waals surface area (Å²) in [7, 11) is 0. The molecule has 2 fully saturated rings. The zero-order valence-electron chi connectivity index (χ0n) is 11.5. The van der Waals surface area contributed by atoms with E-state index in [9.17, 15) is 9.59 Å². The molecule has 4 nitrogen and oxygen atoms in total. The summed E-state index contributed by atoms with van der Waals surface area (Å²) in [6.45, 7) is 4.22. The fraction of sp³-hybridized carbons (Fsp3) is 0.467. The molecule has 20 heavy (non-hydrogen) atoms. The third kappa shape index (κ3) is 2.68. The van der Waals surface area contributed by atoms with E-state index in [0.717, 1.165) is 24.9 Å². The fourth-order valence-corrected chi connectivity index (χ4v) is 3.72. The first-order chi connectivity index (χ1) is 9.63. The quantitative estimate of drug-likeness (QED) is 0.929. The van der Waals surface area contributed by atoms with Crippen LogP contribution in [0.2, 0.25) is 0 Å². The van der Waals surface area contributed by atoms with Gasteiger partial charge in [0.15, 0.2) is 0 Å². The third-order valence-corrected chi connectivity index (χ3v) is 4.84. The van der Waals surface area contributed by atoms with Crippen molar-refractivity contribution in [3.05, 3.63) is 29.3 Å². The van der Waals surface area contributed by atoms with Gasteiger partial charge < -0.3 is 4.90 Å². The van der Waals surface area contributed by atoms with Crippen LogP contribution < -0.4 is 10.2 Å². The summed E-state index contributed by atoms with van der Waals surface area (Å²) in [5.41, 5.74) is 3.59. The van der Waals surface area contributed by atoms with Gasteiger partial charge in [0, 0.05) is 18.8 Å². The summed E-state index contributed by atoms with van der Waals surface area (Å²) in [5, 5.41) is 1.85. The molecule has 1 N–H and O–H groups in total. The van der Waals surface area contributed by atoms with Gasteiger partial charge in [0.2, 0.25) is 5.91 Å². The molecule has 3 rings (SSSR count). The fourth-order valence-electron chi connectivity index (χ4n) is 2.87. The van der Waals surface area contributed by atoms with Crippen molar-refractivity contribution in [3.8, 4) is 0 Å². The van der Waals surface area contributed by atoms with Crippen LogP contribution in [0.1, 0.15) is 24.0 Å². The van der Waals surface area contributed by atoms with Crippen molar-refractivity contribution < 1.29 is 9.59 Å². The van der Waals surface area contributed by atoms with Crippen LogP contribution in [0, 0.1) is 6.92 Å². The van der Waals surface area contributed by atoms with Crippen molar-refractivity contribution in [1.82, 2.24) is 5.32 Å². The monoisotopic (exact) mass is 290 g/mol. The molecule has 2 aliphatic rings. The van der Waals surface area contributed by atoms with Crippen molar-refractivity contribution in [3.63, 3.8) is 0 Å². The molecule has 2 heterocycles. The Labute approximate surface area is 122 Å². The van der Waals surface area contributed by atoms with E-state index in [0.29, 0.717) is 6.42 Å². The van der Waals surface area contributed by atoms with Crippen molar-refractivity contribution >= 4 is 28.6 Å². The molecule has 0 spiro atoms. The number of hydrogen-bond donors (Lipinski definition) is 1. The molecule has 0 saturated carbocycles. The van der Waals surface area contributed by atoms with Gasteiger partial charge in [-0.3, -0.25) is 14.9 Å². The average Bonchev–Trinajstić information content (AvgIpc) is 3.01. The first kappa shape index (κ1) is 13.5. The van der Waals surface area contributed by atoms with E-state index < -0.39 is 0 Å². The number of thioether (sulfide) groups is 1. The van der Waals surface area contributed by atoms with Crippen molar-refractivity contribution in [1.29, 1.82) is 0 Å². The Morgan fingerprint density at radius 2 is 2.05 bits per heavy atom. The molecular formula is C15H18N2O2S. The minimum Gasteiger partial charge on any atom is -0.371 e. The van der Waals surface area contributed by atoms with Crippen LogP contribution in [0.25, 0.3) is 0 Å². The summed E-state index contributed by atoms with van der Waals surface area (Å²) >= 11 is 1.11. The molecule has 0 radical (unpaired) electrons. The number of benzene rings is 1. The maximum Gasteiger partial charge on any atom is 0.286 e. The van der Waals surface area contributed by atoms with Gasteiger partial charge in [-0.15, -0.1) is 0 Å². The van der Waals surface area contributed by atoms with Crippen LogP contribution in [0.5, 0.6) is 0 Å². The second kappa shape index (κ2) is 5.48. The van der Waals surface area contributed by atoms with Crippen LogP contribution in [-0.4, -0.2) is 29.5 Å². The highest BCUT2D eigenvalue weighted by Gasteiger charge is 2.32. The standard InChI is InChI=1S/C15H18N2O2S/c1-10-4-5-12(17-6-2-3-7-17)11(8-10)9-13-14(18)16-15(19)20-13/h4-5,8,13H,2-3,6-7,9H2,1H3,(H,16,18,19). The molecule has 2 amide bonds. The molecule has 106 valence electrons. The summed E-state index contributed by atoms with van der Waals surface area (Å²) < 4.78 is 0. The van der Waals surface area contributed by atoms with E-state index in [1.54, 1.807) is 0 Å². The zero-order valence-corrected chi connectivity index (χ0v) is 12.3. The van der Waals surface area contributed by atoms with Crippen LogP contribution in [0.3, 0.4) is 0 Å². The SMILES string of the molecule is Cc1ccc(N2CCCC2)c(CC2SC(=O)NC2=O)c1. The van der Waals surface area contributed by atoms with Crippen molar-refractivity contribution in [2.45, 2.75) is 31.4 Å². The number of amides is 2. The van der Waals surface area contributed by atoms with E-state index in [-0.39, 0.29) is 16.4 Å². The van der Waals surface area contributed by atoms with Crippen molar-refractivity contribution in [2.24, 2.45) is 0 Å². The highest BCUT2D eigenvalue weighted by atomic mass is 32.2. The lowest BCUT2D eigenvalue weighted by molar-refractivity contribution is -0.118. The molecule has 0 aliphatic carbocycles. The molecule has 1 aromatic carbocycles. The van der Waals surface area contributed by atoms with Gasteiger partial charge in [0.05, 0.1) is 5.25 Å². The van der Waals surface area contributed by atoms with E-state index in [4.69, 9.17) is 0 Å². The van der Waals surface area contributed by atoms with E-state index >= 15 is 0 Å². The van der Waals surface area contributed by atoms with Crippen LogP contribution >= 0.6 is 11.8 Å². The zero-order chi connectivity index (χ0) is 14.1. The van der Waals surface area contributed by atoms with E-state index in [1.807, 2.05) is 0 Å². The Balaban J connectivity index is 1.85. The summed E-state index contributed by atoms with van der Waals surface area (Å²) in [4.78, 5) is 25.4. The van der Waals surface area contributed by atoms with Gasteiger partial charge in [0.1, 0.15) is 0 Å². The number of carbonyl (C=O) groups is 2. The maximum atomic E-state index is 11.7. The Morgan fingerprint density at radius 1 is 1.30 bits per heavy atom. The Hall–Kier alpha value is -1.49. The lowest BCUT2D eigenvalue weighted by atomic mass is 10.0. The largest absolute Gasteiger partial charge is 0.371 e. The number of nitrogens with zero attached hydrogens (tertiary/aromatic N) is 1. The summed E-state index contributed by atoms with van der Waals surface area (Å²) in [5.74, 6) is -0.158. The van der Waals surface area contributed by atoms with Crippen molar-refractivity contribution in [2.75, 3.05) is 18.0 Å². The Kier molecular flexibility index (Phi) is 3.70. The first-order valence-electron chi connectivity index (χ1n) is 6.99. The molecule has 2 saturated heterocycles. The number of hydrogen-bond acceptors (Lipinski definition) is 4. The Bertz CT molecular complexity index is 553. The number of nitrogens with one attached hydrogen (secondary N) is 1. The predicted octanol–water partition coefficient (Wildman–Crippen LogP) is 2.49. The molecule has 1 atom stereocenters. The smallest absolute Gasteiger partial charge is 0.286 e. The third-order valence-electron chi connectivity index (χ3n) is 3.85. The minimum absolute atomic E-state index is 0.158. The number of aryl methyl sites for hydroxylation is 1. The molecule has 0 bridgehead atoms. The van der Waals surface area contributed by atoms with E-state index in [2.05, 4.69) is 35.3 Å². The van der Waals surface area contributed by atoms with Crippen LogP contribution in [0.4, 0.5) is 10.5 Å². The number of imide groups is 1. The molecule has 1 unspecified atom stereocenters. The summed E-state index contributed by atoms with van der Waals surface area (Å²) in [6.07, 6.45) is 3.07. The normalized spacial score (nSPS) is 22.4. The minimum atomic E-state index is -0.286. The average molecular weight is 290 g/mol. The highest BCUT2D eigenvalue weighted by Crippen LogP contribution is 2.30. The van der Waals surface area contributed by atoms with Gasteiger partial charge in [0.25, 0.3) is 5.24 Å². The first-order valence-corrected chi connectivity index (χ1v) is 7.87. The molecule has 5 heteroatoms. The molecule has 0 aromatic heterocycles. The predicted molar refractivity (Wildman–Crippen MR) is 81.2 cm³/mol. The summed E-state index contributed by atoms with van der Waals surface area (Å²) in [6, 6.07) is 6.41. The number of carbonyl (C=O) groups excluding carboxylic acids is 2. The molecular weight excluding hydrogens is 272 g/mol.